The predicted octanol–water partition coefficient (Wildman–Crippen LogP) is 3.61. The van der Waals surface area contributed by atoms with Gasteiger partial charge in [-0.05, 0) is 43.4 Å². The molecule has 6 heteroatoms. The molecule has 4 nitrogen and oxygen atoms in total. The van der Waals surface area contributed by atoms with Crippen LogP contribution in [0.1, 0.15) is 6.92 Å². The zero-order valence-electron chi connectivity index (χ0n) is 10.2. The van der Waals surface area contributed by atoms with Crippen LogP contribution in [0.15, 0.2) is 34.7 Å². The normalized spacial score (nSPS) is 10.2. The molecular formula is C13H13ClN2O2S. The number of furan rings is 1. The van der Waals surface area contributed by atoms with E-state index in [1.165, 1.54) is 6.07 Å². The van der Waals surface area contributed by atoms with Crippen molar-refractivity contribution in [2.75, 3.05) is 11.9 Å². The molecule has 0 aliphatic heterocycles. The van der Waals surface area contributed by atoms with Gasteiger partial charge in [-0.15, -0.1) is 0 Å². The van der Waals surface area contributed by atoms with Crippen LogP contribution in [0.25, 0.3) is 11.3 Å². The standard InChI is InChI=1S/C13H13ClN2O2S/c1-2-15-13(19)16-12-10(17)7-11(18-12)8-3-5-9(14)6-4-8/h3-7,17H,2H2,1H3,(H2,15,16,19). The Labute approximate surface area is 121 Å². The van der Waals surface area contributed by atoms with Gasteiger partial charge in [-0.25, -0.2) is 0 Å². The Balaban J connectivity index is 2.21. The molecular weight excluding hydrogens is 284 g/mol. The second kappa shape index (κ2) is 5.95. The van der Waals surface area contributed by atoms with Crippen LogP contribution < -0.4 is 10.6 Å². The van der Waals surface area contributed by atoms with Crippen LogP contribution in [0.4, 0.5) is 5.88 Å². The van der Waals surface area contributed by atoms with E-state index in [1.807, 2.05) is 19.1 Å². The fourth-order valence-corrected chi connectivity index (χ4v) is 1.90. The highest BCUT2D eigenvalue weighted by Gasteiger charge is 2.12. The number of halogens is 1. The SMILES string of the molecule is CCNC(=S)Nc1oc(-c2ccc(Cl)cc2)cc1O. The highest BCUT2D eigenvalue weighted by Crippen LogP contribution is 2.34. The Morgan fingerprint density at radius 2 is 2.05 bits per heavy atom. The van der Waals surface area contributed by atoms with Crippen LogP contribution in [0.2, 0.25) is 5.02 Å². The first-order valence-corrected chi connectivity index (χ1v) is 6.52. The lowest BCUT2D eigenvalue weighted by Gasteiger charge is -2.05. The first kappa shape index (κ1) is 13.7. The third-order valence-corrected chi connectivity index (χ3v) is 2.90. The van der Waals surface area contributed by atoms with E-state index in [0.717, 1.165) is 5.56 Å². The zero-order valence-corrected chi connectivity index (χ0v) is 11.8. The third-order valence-electron chi connectivity index (χ3n) is 2.41. The Hall–Kier alpha value is -1.72. The van der Waals surface area contributed by atoms with E-state index in [4.69, 9.17) is 28.2 Å². The minimum absolute atomic E-state index is 0.00482. The van der Waals surface area contributed by atoms with Crippen molar-refractivity contribution >= 4 is 34.8 Å². The van der Waals surface area contributed by atoms with Gasteiger partial charge in [-0.3, -0.25) is 0 Å². The molecule has 0 saturated heterocycles. The van der Waals surface area contributed by atoms with E-state index in [-0.39, 0.29) is 11.6 Å². The molecule has 1 aromatic heterocycles. The van der Waals surface area contributed by atoms with Gasteiger partial charge in [0.25, 0.3) is 0 Å². The van der Waals surface area contributed by atoms with E-state index in [1.54, 1.807) is 12.1 Å². The lowest BCUT2D eigenvalue weighted by Crippen LogP contribution is -2.27. The molecule has 0 atom stereocenters. The molecule has 19 heavy (non-hydrogen) atoms. The molecule has 1 heterocycles. The molecule has 2 aromatic rings. The minimum Gasteiger partial charge on any atom is -0.503 e. The van der Waals surface area contributed by atoms with Gasteiger partial charge in [0.15, 0.2) is 10.9 Å². The second-order valence-corrected chi connectivity index (χ2v) is 4.66. The van der Waals surface area contributed by atoms with Gasteiger partial charge >= 0.3 is 0 Å². The van der Waals surface area contributed by atoms with Crippen molar-refractivity contribution in [1.82, 2.24) is 5.32 Å². The highest BCUT2D eigenvalue weighted by molar-refractivity contribution is 7.80. The summed E-state index contributed by atoms with van der Waals surface area (Å²) >= 11 is 10.8. The van der Waals surface area contributed by atoms with Gasteiger partial charge < -0.3 is 20.2 Å². The van der Waals surface area contributed by atoms with Crippen LogP contribution in [-0.2, 0) is 0 Å². The number of rotatable bonds is 3. The number of aromatic hydroxyl groups is 1. The number of anilines is 1. The van der Waals surface area contributed by atoms with Crippen LogP contribution >= 0.6 is 23.8 Å². The summed E-state index contributed by atoms with van der Waals surface area (Å²) < 4.78 is 5.53. The maximum atomic E-state index is 9.79. The van der Waals surface area contributed by atoms with Crippen LogP contribution in [0.3, 0.4) is 0 Å². The van der Waals surface area contributed by atoms with Gasteiger partial charge in [-0.2, -0.15) is 0 Å². The molecule has 0 fully saturated rings. The minimum atomic E-state index is 0.00482. The van der Waals surface area contributed by atoms with Crippen LogP contribution in [0, 0.1) is 0 Å². The molecule has 0 amide bonds. The molecule has 0 bridgehead atoms. The van der Waals surface area contributed by atoms with Gasteiger partial charge in [0, 0.05) is 23.2 Å². The van der Waals surface area contributed by atoms with Crippen LogP contribution in [-0.4, -0.2) is 16.8 Å². The summed E-state index contributed by atoms with van der Waals surface area (Å²) in [5.41, 5.74) is 0.821. The molecule has 1 aromatic carbocycles. The lowest BCUT2D eigenvalue weighted by atomic mass is 10.2. The van der Waals surface area contributed by atoms with Crippen molar-refractivity contribution in [2.24, 2.45) is 0 Å². The summed E-state index contributed by atoms with van der Waals surface area (Å²) in [6.45, 7) is 2.62. The second-order valence-electron chi connectivity index (χ2n) is 3.82. The third kappa shape index (κ3) is 3.39. The number of benzene rings is 1. The highest BCUT2D eigenvalue weighted by atomic mass is 35.5. The summed E-state index contributed by atoms with van der Waals surface area (Å²) in [7, 11) is 0. The predicted molar refractivity (Wildman–Crippen MR) is 80.7 cm³/mol. The Kier molecular flexibility index (Phi) is 4.29. The van der Waals surface area contributed by atoms with E-state index < -0.39 is 0 Å². The first-order chi connectivity index (χ1) is 9.10. The van der Waals surface area contributed by atoms with Crippen molar-refractivity contribution in [2.45, 2.75) is 6.92 Å². The summed E-state index contributed by atoms with van der Waals surface area (Å²) in [5.74, 6) is 0.761. The van der Waals surface area contributed by atoms with Crippen molar-refractivity contribution in [3.05, 3.63) is 35.4 Å². The average molecular weight is 297 g/mol. The topological polar surface area (TPSA) is 57.4 Å². The molecule has 3 N–H and O–H groups in total. The van der Waals surface area contributed by atoms with Crippen molar-refractivity contribution in [3.8, 4) is 17.1 Å². The monoisotopic (exact) mass is 296 g/mol. The van der Waals surface area contributed by atoms with E-state index >= 15 is 0 Å². The van der Waals surface area contributed by atoms with Crippen molar-refractivity contribution in [3.63, 3.8) is 0 Å². The molecule has 0 unspecified atom stereocenters. The number of hydrogen-bond acceptors (Lipinski definition) is 3. The molecule has 0 aliphatic carbocycles. The maximum absolute atomic E-state index is 9.79. The lowest BCUT2D eigenvalue weighted by molar-refractivity contribution is 0.467. The van der Waals surface area contributed by atoms with Crippen molar-refractivity contribution < 1.29 is 9.52 Å². The van der Waals surface area contributed by atoms with Crippen molar-refractivity contribution in [1.29, 1.82) is 0 Å². The Morgan fingerprint density at radius 1 is 1.37 bits per heavy atom. The number of hydrogen-bond donors (Lipinski definition) is 3. The summed E-state index contributed by atoms with van der Waals surface area (Å²) in [5, 5.41) is 16.5. The van der Waals surface area contributed by atoms with E-state index in [2.05, 4.69) is 10.6 Å². The average Bonchev–Trinajstić information content (AvgIpc) is 2.72. The number of nitrogens with one attached hydrogen (secondary N) is 2. The smallest absolute Gasteiger partial charge is 0.242 e. The Bertz CT molecular complexity index is 581. The van der Waals surface area contributed by atoms with Gasteiger partial charge in [0.05, 0.1) is 0 Å². The first-order valence-electron chi connectivity index (χ1n) is 5.73. The molecule has 2 rings (SSSR count). The van der Waals surface area contributed by atoms with Gasteiger partial charge in [0.2, 0.25) is 5.88 Å². The van der Waals surface area contributed by atoms with E-state index in [0.29, 0.717) is 22.4 Å². The van der Waals surface area contributed by atoms with Gasteiger partial charge in [0.1, 0.15) is 5.76 Å². The zero-order chi connectivity index (χ0) is 13.8. The molecule has 0 saturated carbocycles. The molecule has 0 spiro atoms. The fourth-order valence-electron chi connectivity index (χ4n) is 1.54. The summed E-state index contributed by atoms with van der Waals surface area (Å²) in [4.78, 5) is 0. The van der Waals surface area contributed by atoms with Gasteiger partial charge in [-0.1, -0.05) is 11.6 Å². The summed E-state index contributed by atoms with van der Waals surface area (Å²) in [6, 6.07) is 8.67. The molecule has 0 radical (unpaired) electrons. The largest absolute Gasteiger partial charge is 0.503 e. The quantitative estimate of drug-likeness (QED) is 0.755. The Morgan fingerprint density at radius 3 is 2.68 bits per heavy atom. The van der Waals surface area contributed by atoms with E-state index in [9.17, 15) is 5.11 Å². The van der Waals surface area contributed by atoms with Crippen LogP contribution in [0.5, 0.6) is 5.75 Å². The molecule has 0 aliphatic rings. The number of thiocarbonyl (C=S) groups is 1. The molecule has 100 valence electrons. The summed E-state index contributed by atoms with van der Waals surface area (Å²) in [6.07, 6.45) is 0. The maximum Gasteiger partial charge on any atom is 0.242 e. The fraction of sp³-hybridized carbons (Fsp3) is 0.154.